The van der Waals surface area contributed by atoms with Crippen LogP contribution in [0.4, 0.5) is 14.5 Å². The molecule has 9 rings (SSSR count). The predicted octanol–water partition coefficient (Wildman–Crippen LogP) is 5.55. The van der Waals surface area contributed by atoms with Crippen LogP contribution in [0.15, 0.2) is 36.0 Å². The van der Waals surface area contributed by atoms with Crippen LogP contribution in [0.25, 0.3) is 27.9 Å². The van der Waals surface area contributed by atoms with E-state index in [1.807, 2.05) is 45.3 Å². The molecule has 2 saturated heterocycles. The molecular weight excluding hydrogens is 803 g/mol. The predicted molar refractivity (Wildman–Crippen MR) is 228 cm³/mol. The number of fused-ring (bicyclic) bond motifs is 8. The number of hydrogen-bond donors (Lipinski definition) is 2. The maximum absolute atomic E-state index is 15.4. The van der Waals surface area contributed by atoms with Gasteiger partial charge in [-0.25, -0.2) is 19.2 Å². The SMILES string of the molecule is CCc1c(-c2cc(N3CCN(C)CC3)cnc2C(C)OC)c2c3cc(ccn13)-c1csc(n1)CC(NC(=O)C1CC1C)C(=O)N1CC3C(C(N1)C(=O)OCC(C)(C)C2)C3(F)F. The largest absolute Gasteiger partial charge is 0.464 e. The topological polar surface area (TPSA) is 134 Å². The number of methoxy groups -OCH3 is 1. The number of aromatic nitrogens is 3. The molecule has 6 bridgehead atoms. The van der Waals surface area contributed by atoms with E-state index in [9.17, 15) is 14.4 Å². The van der Waals surface area contributed by atoms with Crippen molar-refractivity contribution in [2.24, 2.45) is 29.1 Å². The molecule has 7 atom stereocenters. The van der Waals surface area contributed by atoms with E-state index in [0.29, 0.717) is 24.3 Å². The number of cyclic esters (lactones) is 1. The third-order valence-electron chi connectivity index (χ3n) is 13.6. The lowest BCUT2D eigenvalue weighted by Gasteiger charge is -2.34. The van der Waals surface area contributed by atoms with Crippen LogP contribution in [-0.2, 0) is 43.1 Å². The summed E-state index contributed by atoms with van der Waals surface area (Å²) < 4.78 is 44.9. The number of halogens is 2. The lowest BCUT2D eigenvalue weighted by molar-refractivity contribution is -0.156. The molecular formula is C45H56F2N8O5S. The second kappa shape index (κ2) is 15.7. The Morgan fingerprint density at radius 1 is 1.18 bits per heavy atom. The van der Waals surface area contributed by atoms with Crippen molar-refractivity contribution in [3.8, 4) is 22.4 Å². The fraction of sp³-hybridized carbons (Fsp3) is 0.578. The quantitative estimate of drug-likeness (QED) is 0.228. The first-order valence-corrected chi connectivity index (χ1v) is 22.5. The molecule has 2 saturated carbocycles. The van der Waals surface area contributed by atoms with Gasteiger partial charge < -0.3 is 29.0 Å². The van der Waals surface area contributed by atoms with Gasteiger partial charge in [-0.3, -0.25) is 24.4 Å². The number of carbonyl (C=O) groups excluding carboxylic acids is 3. The summed E-state index contributed by atoms with van der Waals surface area (Å²) in [5.41, 5.74) is 10.7. The highest BCUT2D eigenvalue weighted by atomic mass is 32.1. The maximum Gasteiger partial charge on any atom is 0.325 e. The molecule has 7 unspecified atom stereocenters. The molecule has 61 heavy (non-hydrogen) atoms. The summed E-state index contributed by atoms with van der Waals surface area (Å²) in [4.78, 5) is 56.3. The van der Waals surface area contributed by atoms with E-state index < -0.39 is 47.1 Å². The highest BCUT2D eigenvalue weighted by molar-refractivity contribution is 7.10. The van der Waals surface area contributed by atoms with Crippen molar-refractivity contribution < 1.29 is 32.6 Å². The number of thiazole rings is 1. The third kappa shape index (κ3) is 7.71. The van der Waals surface area contributed by atoms with Crippen LogP contribution in [0.5, 0.6) is 0 Å². The summed E-state index contributed by atoms with van der Waals surface area (Å²) in [5, 5.41) is 6.58. The molecule has 4 aromatic rings. The van der Waals surface area contributed by atoms with Crippen molar-refractivity contribution in [3.05, 3.63) is 57.9 Å². The summed E-state index contributed by atoms with van der Waals surface area (Å²) in [6.07, 6.45) is 5.65. The fourth-order valence-corrected chi connectivity index (χ4v) is 10.5. The fourth-order valence-electron chi connectivity index (χ4n) is 9.64. The molecule has 2 aliphatic carbocycles. The number of ether oxygens (including phenoxy) is 2. The molecule has 13 nitrogen and oxygen atoms in total. The van der Waals surface area contributed by atoms with E-state index >= 15 is 8.78 Å². The van der Waals surface area contributed by atoms with E-state index in [2.05, 4.69) is 57.2 Å². The van der Waals surface area contributed by atoms with Crippen LogP contribution in [0, 0.1) is 29.1 Å². The van der Waals surface area contributed by atoms with Gasteiger partial charge >= 0.3 is 5.97 Å². The van der Waals surface area contributed by atoms with Gasteiger partial charge in [-0.15, -0.1) is 11.3 Å². The molecule has 0 spiro atoms. The van der Waals surface area contributed by atoms with Crippen molar-refractivity contribution in [2.75, 3.05) is 58.4 Å². The molecule has 0 aromatic carbocycles. The number of hydrazine groups is 1. The van der Waals surface area contributed by atoms with Crippen molar-refractivity contribution in [3.63, 3.8) is 0 Å². The van der Waals surface area contributed by atoms with E-state index in [1.54, 1.807) is 7.11 Å². The van der Waals surface area contributed by atoms with Gasteiger partial charge in [0.05, 0.1) is 52.8 Å². The van der Waals surface area contributed by atoms with E-state index in [-0.39, 0.29) is 43.4 Å². The average Bonchev–Trinajstić information content (AvgIpc) is 3.96. The van der Waals surface area contributed by atoms with Crippen LogP contribution < -0.4 is 15.6 Å². The van der Waals surface area contributed by atoms with E-state index in [1.165, 1.54) is 11.3 Å². The Morgan fingerprint density at radius 3 is 2.64 bits per heavy atom. The molecule has 16 heteroatoms. The second-order valence-electron chi connectivity index (χ2n) is 18.6. The van der Waals surface area contributed by atoms with Crippen molar-refractivity contribution >= 4 is 40.3 Å². The Bertz CT molecular complexity index is 2370. The Balaban J connectivity index is 1.18. The van der Waals surface area contributed by atoms with Crippen LogP contribution in [-0.4, -0.2) is 114 Å². The number of anilines is 1. The second-order valence-corrected chi connectivity index (χ2v) is 19.6. The van der Waals surface area contributed by atoms with Crippen LogP contribution >= 0.6 is 11.3 Å². The first-order chi connectivity index (χ1) is 29.1. The van der Waals surface area contributed by atoms with Gasteiger partial charge in [0, 0.05) is 97.1 Å². The molecule has 326 valence electrons. The third-order valence-corrected chi connectivity index (χ3v) is 14.5. The number of nitrogens with zero attached hydrogens (tertiary/aromatic N) is 6. The normalized spacial score (nSPS) is 27.9. The number of alkyl halides is 2. The number of likely N-dealkylation sites (N-methyl/N-ethyl adjacent to an activating group) is 1. The molecule has 2 amide bonds. The minimum absolute atomic E-state index is 0.0577. The Hall–Kier alpha value is -4.51. The Morgan fingerprint density at radius 2 is 1.93 bits per heavy atom. The summed E-state index contributed by atoms with van der Waals surface area (Å²) in [6, 6.07) is 3.91. The molecule has 3 aliphatic heterocycles. The van der Waals surface area contributed by atoms with Gasteiger partial charge in [0.2, 0.25) is 5.91 Å². The molecule has 7 heterocycles. The number of hydrogen-bond acceptors (Lipinski definition) is 11. The molecule has 4 aromatic heterocycles. The Kier molecular flexibility index (Phi) is 10.8. The van der Waals surface area contributed by atoms with E-state index in [4.69, 9.17) is 19.4 Å². The maximum atomic E-state index is 15.4. The first kappa shape index (κ1) is 41.8. The zero-order chi connectivity index (χ0) is 43.1. The molecule has 4 fully saturated rings. The standard InChI is InChI=1S/C45H56F2N8O5S/c1-8-34-37(29-17-27(20-48-39(29)25(3)59-7)53-13-11-52(6)12-14-53)30-19-44(4,5)23-60-43(58)40-38-31(45(38,46)47)21-55(51-40)42(57)32(50-41(56)28-15-24(28)2)18-36-49-33(22-61-36)26-9-10-54(34)35(30)16-26/h9-10,16-17,20,22,24-25,28,31-32,38,40,51H,8,11-15,18-19,21,23H2,1-7H3,(H,50,56). The monoisotopic (exact) mass is 858 g/mol. The lowest BCUT2D eigenvalue weighted by Crippen LogP contribution is -2.61. The number of nitrogens with one attached hydrogen (secondary N) is 2. The van der Waals surface area contributed by atoms with Crippen molar-refractivity contribution in [1.29, 1.82) is 0 Å². The number of pyridine rings is 2. The highest BCUT2D eigenvalue weighted by Crippen LogP contribution is 2.59. The van der Waals surface area contributed by atoms with Gasteiger partial charge in [0.15, 0.2) is 0 Å². The van der Waals surface area contributed by atoms with Crippen molar-refractivity contribution in [1.82, 2.24) is 35.0 Å². The highest BCUT2D eigenvalue weighted by Gasteiger charge is 2.75. The average molecular weight is 859 g/mol. The lowest BCUT2D eigenvalue weighted by atomic mass is 9.83. The minimum atomic E-state index is -3.16. The first-order valence-electron chi connectivity index (χ1n) is 21.6. The van der Waals surface area contributed by atoms with Crippen molar-refractivity contribution in [2.45, 2.75) is 84.4 Å². The number of aryl methyl sites for hydroxylation is 1. The smallest absolute Gasteiger partial charge is 0.325 e. The van der Waals surface area contributed by atoms with E-state index in [0.717, 1.165) is 81.7 Å². The van der Waals surface area contributed by atoms with Gasteiger partial charge in [0.25, 0.3) is 11.8 Å². The zero-order valence-electron chi connectivity index (χ0n) is 36.0. The summed E-state index contributed by atoms with van der Waals surface area (Å²) in [5.74, 6) is -7.40. The Labute approximate surface area is 359 Å². The summed E-state index contributed by atoms with van der Waals surface area (Å²) >= 11 is 1.38. The van der Waals surface area contributed by atoms with Crippen LogP contribution in [0.2, 0.25) is 0 Å². The number of rotatable bonds is 7. The van der Waals surface area contributed by atoms with Gasteiger partial charge in [-0.1, -0.05) is 27.7 Å². The zero-order valence-corrected chi connectivity index (χ0v) is 36.8. The molecule has 5 aliphatic rings. The number of esters is 1. The van der Waals surface area contributed by atoms with Gasteiger partial charge in [-0.2, -0.15) is 0 Å². The van der Waals surface area contributed by atoms with Gasteiger partial charge in [-0.05, 0) is 62.9 Å². The number of carbonyl (C=O) groups is 3. The summed E-state index contributed by atoms with van der Waals surface area (Å²) in [7, 11) is 3.82. The molecule has 2 N–H and O–H groups in total. The van der Waals surface area contributed by atoms with Crippen LogP contribution in [0.3, 0.4) is 0 Å². The minimum Gasteiger partial charge on any atom is -0.464 e. The number of amides is 2. The number of piperazine rings is 1. The molecule has 0 radical (unpaired) electrons. The van der Waals surface area contributed by atoms with Gasteiger partial charge in [0.1, 0.15) is 12.1 Å². The van der Waals surface area contributed by atoms with Crippen LogP contribution in [0.1, 0.15) is 69.1 Å². The summed E-state index contributed by atoms with van der Waals surface area (Å²) in [6.45, 7) is 13.4.